The first-order valence-electron chi connectivity index (χ1n) is 6.17. The molecule has 0 saturated carbocycles. The second-order valence-corrected chi connectivity index (χ2v) is 5.53. The Morgan fingerprint density at radius 1 is 1.53 bits per heavy atom. The number of nitriles is 1. The molecule has 1 aromatic carbocycles. The van der Waals surface area contributed by atoms with E-state index in [2.05, 4.69) is 26.9 Å². The molecule has 1 heterocycles. The van der Waals surface area contributed by atoms with Crippen LogP contribution >= 0.6 is 15.9 Å². The van der Waals surface area contributed by atoms with Crippen molar-refractivity contribution in [2.45, 2.75) is 12.8 Å². The van der Waals surface area contributed by atoms with Crippen molar-refractivity contribution in [3.05, 3.63) is 28.2 Å². The molecule has 1 fully saturated rings. The summed E-state index contributed by atoms with van der Waals surface area (Å²) in [7, 11) is 1.42. The molecule has 1 aliphatic rings. The molecule has 1 aliphatic heterocycles. The molecule has 1 saturated heterocycles. The van der Waals surface area contributed by atoms with Crippen molar-refractivity contribution in [1.29, 1.82) is 5.26 Å². The Morgan fingerprint density at radius 3 is 3.00 bits per heavy atom. The molecule has 1 unspecified atom stereocenters. The zero-order chi connectivity index (χ0) is 13.8. The van der Waals surface area contributed by atoms with Crippen LogP contribution in [0.1, 0.15) is 18.4 Å². The third kappa shape index (κ3) is 3.27. The lowest BCUT2D eigenvalue weighted by molar-refractivity contribution is -0.145. The van der Waals surface area contributed by atoms with E-state index in [4.69, 9.17) is 10.00 Å². The Bertz CT molecular complexity index is 525. The Hall–Kier alpha value is -1.54. The smallest absolute Gasteiger partial charge is 0.310 e. The molecular weight excluding hydrogens is 308 g/mol. The minimum absolute atomic E-state index is 0.0803. The first-order chi connectivity index (χ1) is 9.13. The van der Waals surface area contributed by atoms with Crippen molar-refractivity contribution in [3.63, 3.8) is 0 Å². The van der Waals surface area contributed by atoms with Gasteiger partial charge in [-0.2, -0.15) is 5.26 Å². The number of halogens is 1. The lowest BCUT2D eigenvalue weighted by Gasteiger charge is -2.33. The summed E-state index contributed by atoms with van der Waals surface area (Å²) in [4.78, 5) is 13.8. The molecule has 0 aromatic heterocycles. The van der Waals surface area contributed by atoms with Crippen LogP contribution in [-0.4, -0.2) is 26.2 Å². The number of hydrogen-bond acceptors (Lipinski definition) is 4. The lowest BCUT2D eigenvalue weighted by atomic mass is 9.97. The van der Waals surface area contributed by atoms with Gasteiger partial charge in [0.25, 0.3) is 0 Å². The van der Waals surface area contributed by atoms with Gasteiger partial charge in [0, 0.05) is 23.2 Å². The molecule has 0 bridgehead atoms. The minimum atomic E-state index is -0.153. The fourth-order valence-electron chi connectivity index (χ4n) is 2.39. The molecule has 5 heteroatoms. The predicted molar refractivity (Wildman–Crippen MR) is 75.8 cm³/mol. The van der Waals surface area contributed by atoms with Gasteiger partial charge < -0.3 is 9.64 Å². The van der Waals surface area contributed by atoms with E-state index in [1.165, 1.54) is 7.11 Å². The van der Waals surface area contributed by atoms with E-state index in [0.29, 0.717) is 12.1 Å². The number of ether oxygens (including phenoxy) is 1. The first-order valence-corrected chi connectivity index (χ1v) is 6.97. The number of carbonyl (C=O) groups excluding carboxylic acids is 1. The number of hydrogen-bond donors (Lipinski definition) is 0. The number of piperidine rings is 1. The zero-order valence-electron chi connectivity index (χ0n) is 10.7. The van der Waals surface area contributed by atoms with E-state index in [-0.39, 0.29) is 11.9 Å². The van der Waals surface area contributed by atoms with Crippen molar-refractivity contribution >= 4 is 27.6 Å². The van der Waals surface area contributed by atoms with Gasteiger partial charge in [0.15, 0.2) is 0 Å². The molecule has 19 heavy (non-hydrogen) atoms. The van der Waals surface area contributed by atoms with Crippen molar-refractivity contribution in [3.8, 4) is 6.07 Å². The van der Waals surface area contributed by atoms with Crippen molar-refractivity contribution in [2.24, 2.45) is 5.92 Å². The molecule has 0 radical (unpaired) electrons. The van der Waals surface area contributed by atoms with E-state index in [9.17, 15) is 4.79 Å². The zero-order valence-corrected chi connectivity index (χ0v) is 12.3. The quantitative estimate of drug-likeness (QED) is 0.785. The number of benzene rings is 1. The van der Waals surface area contributed by atoms with Gasteiger partial charge in [0.05, 0.1) is 24.7 Å². The van der Waals surface area contributed by atoms with Crippen LogP contribution in [0, 0.1) is 17.2 Å². The highest BCUT2D eigenvalue weighted by Gasteiger charge is 2.26. The highest BCUT2D eigenvalue weighted by molar-refractivity contribution is 9.10. The number of anilines is 1. The summed E-state index contributed by atoms with van der Waals surface area (Å²) in [5.74, 6) is -0.233. The standard InChI is InChI=1S/C14H15BrN2O2/c1-19-14(18)11-3-2-4-17(9-11)13-6-10(8-16)5-12(15)7-13/h5-7,11H,2-4,9H2,1H3. The van der Waals surface area contributed by atoms with Gasteiger partial charge in [0.1, 0.15) is 0 Å². The molecule has 0 N–H and O–H groups in total. The molecule has 4 nitrogen and oxygen atoms in total. The first kappa shape index (κ1) is 13.9. The second-order valence-electron chi connectivity index (χ2n) is 4.62. The maximum Gasteiger partial charge on any atom is 0.310 e. The Labute approximate surface area is 121 Å². The van der Waals surface area contributed by atoms with Crippen LogP contribution in [0.25, 0.3) is 0 Å². The van der Waals surface area contributed by atoms with Crippen molar-refractivity contribution < 1.29 is 9.53 Å². The van der Waals surface area contributed by atoms with Crippen molar-refractivity contribution in [2.75, 3.05) is 25.1 Å². The van der Waals surface area contributed by atoms with Crippen LogP contribution in [0.15, 0.2) is 22.7 Å². The Kier molecular flexibility index (Phi) is 4.43. The SMILES string of the molecule is COC(=O)C1CCCN(c2cc(Br)cc(C#N)c2)C1. The number of rotatable bonds is 2. The molecular formula is C14H15BrN2O2. The summed E-state index contributed by atoms with van der Waals surface area (Å²) >= 11 is 3.41. The van der Waals surface area contributed by atoms with Crippen LogP contribution in [0.3, 0.4) is 0 Å². The number of nitrogens with zero attached hydrogens (tertiary/aromatic N) is 2. The van der Waals surface area contributed by atoms with E-state index in [0.717, 1.165) is 29.5 Å². The molecule has 0 aliphatic carbocycles. The molecule has 100 valence electrons. The van der Waals surface area contributed by atoms with Gasteiger partial charge in [-0.3, -0.25) is 4.79 Å². The summed E-state index contributed by atoms with van der Waals surface area (Å²) in [5, 5.41) is 9.00. The van der Waals surface area contributed by atoms with Gasteiger partial charge in [0.2, 0.25) is 0 Å². The molecule has 1 atom stereocenters. The Morgan fingerprint density at radius 2 is 2.32 bits per heavy atom. The van der Waals surface area contributed by atoms with Gasteiger partial charge in [-0.1, -0.05) is 15.9 Å². The third-order valence-electron chi connectivity index (χ3n) is 3.33. The lowest BCUT2D eigenvalue weighted by Crippen LogP contribution is -2.39. The summed E-state index contributed by atoms with van der Waals surface area (Å²) in [5.41, 5.74) is 1.59. The van der Waals surface area contributed by atoms with Gasteiger partial charge >= 0.3 is 5.97 Å². The van der Waals surface area contributed by atoms with E-state index in [1.807, 2.05) is 12.1 Å². The monoisotopic (exact) mass is 322 g/mol. The fourth-order valence-corrected chi connectivity index (χ4v) is 2.87. The normalized spacial score (nSPS) is 18.8. The van der Waals surface area contributed by atoms with Crippen LogP contribution in [0.5, 0.6) is 0 Å². The fraction of sp³-hybridized carbons (Fsp3) is 0.429. The largest absolute Gasteiger partial charge is 0.469 e. The molecule has 2 rings (SSSR count). The van der Waals surface area contributed by atoms with E-state index < -0.39 is 0 Å². The maximum absolute atomic E-state index is 11.6. The van der Waals surface area contributed by atoms with Gasteiger partial charge in [-0.25, -0.2) is 0 Å². The van der Waals surface area contributed by atoms with Gasteiger partial charge in [-0.05, 0) is 31.0 Å². The molecule has 0 spiro atoms. The summed E-state index contributed by atoms with van der Waals surface area (Å²) in [6.07, 6.45) is 1.82. The number of methoxy groups -OCH3 is 1. The van der Waals surface area contributed by atoms with Gasteiger partial charge in [-0.15, -0.1) is 0 Å². The summed E-state index contributed by atoms with van der Waals surface area (Å²) < 4.78 is 5.69. The van der Waals surface area contributed by atoms with E-state index >= 15 is 0 Å². The topological polar surface area (TPSA) is 53.3 Å². The van der Waals surface area contributed by atoms with Crippen LogP contribution in [-0.2, 0) is 9.53 Å². The average Bonchev–Trinajstić information content (AvgIpc) is 2.45. The van der Waals surface area contributed by atoms with Crippen LogP contribution in [0.4, 0.5) is 5.69 Å². The summed E-state index contributed by atoms with van der Waals surface area (Å²) in [6.45, 7) is 1.54. The summed E-state index contributed by atoms with van der Waals surface area (Å²) in [6, 6.07) is 7.75. The highest BCUT2D eigenvalue weighted by atomic mass is 79.9. The predicted octanol–water partition coefficient (Wildman–Crippen LogP) is 2.71. The molecule has 0 amide bonds. The highest BCUT2D eigenvalue weighted by Crippen LogP contribution is 2.27. The average molecular weight is 323 g/mol. The second kappa shape index (κ2) is 6.07. The third-order valence-corrected chi connectivity index (χ3v) is 3.79. The molecule has 1 aromatic rings. The number of carbonyl (C=O) groups is 1. The van der Waals surface area contributed by atoms with Crippen LogP contribution in [0.2, 0.25) is 0 Å². The van der Waals surface area contributed by atoms with E-state index in [1.54, 1.807) is 6.07 Å². The van der Waals surface area contributed by atoms with Crippen molar-refractivity contribution in [1.82, 2.24) is 0 Å². The maximum atomic E-state index is 11.6. The number of esters is 1. The minimum Gasteiger partial charge on any atom is -0.469 e. The van der Waals surface area contributed by atoms with Crippen LogP contribution < -0.4 is 4.90 Å². The Balaban J connectivity index is 2.20.